The quantitative estimate of drug-likeness (QED) is 0.654. The fourth-order valence-electron chi connectivity index (χ4n) is 3.74. The van der Waals surface area contributed by atoms with Crippen LogP contribution in [-0.2, 0) is 9.59 Å². The van der Waals surface area contributed by atoms with Gasteiger partial charge in [-0.1, -0.05) is 48.0 Å². The number of carbonyl (C=O) groups excluding carboxylic acids is 2. The highest BCUT2D eigenvalue weighted by molar-refractivity contribution is 6.34. The molecule has 0 aliphatic carbocycles. The van der Waals surface area contributed by atoms with Crippen LogP contribution in [0.2, 0.25) is 5.02 Å². The van der Waals surface area contributed by atoms with Crippen molar-refractivity contribution in [2.75, 3.05) is 31.0 Å². The van der Waals surface area contributed by atoms with E-state index in [-0.39, 0.29) is 18.2 Å². The summed E-state index contributed by atoms with van der Waals surface area (Å²) in [5.74, 6) is 0.0986. The molecule has 154 valence electrons. The number of benzene rings is 3. The van der Waals surface area contributed by atoms with Gasteiger partial charge in [0.15, 0.2) is 11.5 Å². The van der Waals surface area contributed by atoms with E-state index in [0.29, 0.717) is 28.8 Å². The van der Waals surface area contributed by atoms with Crippen LogP contribution >= 0.6 is 11.6 Å². The van der Waals surface area contributed by atoms with Crippen LogP contribution in [-0.4, -0.2) is 32.6 Å². The van der Waals surface area contributed by atoms with Crippen molar-refractivity contribution in [3.05, 3.63) is 59.6 Å². The van der Waals surface area contributed by atoms with E-state index in [1.807, 2.05) is 42.5 Å². The number of halogens is 1. The summed E-state index contributed by atoms with van der Waals surface area (Å²) in [6.07, 6.45) is 0.139. The monoisotopic (exact) mass is 424 g/mol. The van der Waals surface area contributed by atoms with E-state index >= 15 is 0 Å². The molecule has 1 N–H and O–H groups in total. The van der Waals surface area contributed by atoms with E-state index in [4.69, 9.17) is 21.1 Å². The van der Waals surface area contributed by atoms with Gasteiger partial charge >= 0.3 is 0 Å². The van der Waals surface area contributed by atoms with Gasteiger partial charge in [0, 0.05) is 30.5 Å². The van der Waals surface area contributed by atoms with Gasteiger partial charge in [0.2, 0.25) is 11.8 Å². The summed E-state index contributed by atoms with van der Waals surface area (Å²) in [5.41, 5.74) is 1.23. The van der Waals surface area contributed by atoms with E-state index in [2.05, 4.69) is 5.32 Å². The standard InChI is InChI=1S/C23H21ClN2O4/c1-29-20-11-17(24)18(12-21(20)30-2)25-23(28)15-10-22(27)26(13-15)19-9-5-7-14-6-3-4-8-16(14)19/h3-9,11-12,15H,10,13H2,1-2H3,(H,25,28). The van der Waals surface area contributed by atoms with Gasteiger partial charge in [-0.2, -0.15) is 0 Å². The third-order valence-electron chi connectivity index (χ3n) is 5.28. The molecule has 0 radical (unpaired) electrons. The van der Waals surface area contributed by atoms with Gasteiger partial charge in [0.1, 0.15) is 0 Å². The molecule has 0 bridgehead atoms. The summed E-state index contributed by atoms with van der Waals surface area (Å²) in [6, 6.07) is 16.9. The van der Waals surface area contributed by atoms with E-state index in [9.17, 15) is 9.59 Å². The van der Waals surface area contributed by atoms with Crippen LogP contribution in [0.15, 0.2) is 54.6 Å². The van der Waals surface area contributed by atoms with Gasteiger partial charge < -0.3 is 19.7 Å². The van der Waals surface area contributed by atoms with E-state index < -0.39 is 5.92 Å². The Morgan fingerprint density at radius 1 is 1.07 bits per heavy atom. The van der Waals surface area contributed by atoms with Crippen LogP contribution in [0.4, 0.5) is 11.4 Å². The van der Waals surface area contributed by atoms with Gasteiger partial charge in [-0.3, -0.25) is 9.59 Å². The maximum Gasteiger partial charge on any atom is 0.229 e. The summed E-state index contributed by atoms with van der Waals surface area (Å²) >= 11 is 6.28. The molecule has 1 aliphatic rings. The second kappa shape index (κ2) is 8.24. The van der Waals surface area contributed by atoms with E-state index in [1.54, 1.807) is 17.0 Å². The molecule has 30 heavy (non-hydrogen) atoms. The molecule has 3 aromatic rings. The topological polar surface area (TPSA) is 67.9 Å². The predicted octanol–water partition coefficient (Wildman–Crippen LogP) is 4.50. The Bertz CT molecular complexity index is 1130. The van der Waals surface area contributed by atoms with Crippen LogP contribution in [0, 0.1) is 5.92 Å². The lowest BCUT2D eigenvalue weighted by molar-refractivity contribution is -0.122. The number of methoxy groups -OCH3 is 2. The number of hydrogen-bond acceptors (Lipinski definition) is 4. The molecular weight excluding hydrogens is 404 g/mol. The highest BCUT2D eigenvalue weighted by Crippen LogP contribution is 2.37. The van der Waals surface area contributed by atoms with Crippen molar-refractivity contribution in [3.8, 4) is 11.5 Å². The van der Waals surface area contributed by atoms with Gasteiger partial charge in [-0.25, -0.2) is 0 Å². The normalized spacial score (nSPS) is 16.0. The number of nitrogens with zero attached hydrogens (tertiary/aromatic N) is 1. The van der Waals surface area contributed by atoms with Crippen molar-refractivity contribution in [2.24, 2.45) is 5.92 Å². The fraction of sp³-hybridized carbons (Fsp3) is 0.217. The van der Waals surface area contributed by atoms with Crippen molar-refractivity contribution < 1.29 is 19.1 Å². The minimum Gasteiger partial charge on any atom is -0.493 e. The van der Waals surface area contributed by atoms with Crippen LogP contribution in [0.5, 0.6) is 11.5 Å². The van der Waals surface area contributed by atoms with Crippen molar-refractivity contribution in [1.82, 2.24) is 0 Å². The zero-order valence-corrected chi connectivity index (χ0v) is 17.4. The van der Waals surface area contributed by atoms with Crippen molar-refractivity contribution >= 4 is 45.6 Å². The zero-order valence-electron chi connectivity index (χ0n) is 16.6. The first-order valence-electron chi connectivity index (χ1n) is 9.52. The lowest BCUT2D eigenvalue weighted by Crippen LogP contribution is -2.28. The molecule has 3 aromatic carbocycles. The number of fused-ring (bicyclic) bond motifs is 1. The molecule has 7 heteroatoms. The Hall–Kier alpha value is -3.25. The summed E-state index contributed by atoms with van der Waals surface area (Å²) < 4.78 is 10.5. The minimum atomic E-state index is -0.486. The first-order chi connectivity index (χ1) is 14.5. The Balaban J connectivity index is 1.55. The Kier molecular flexibility index (Phi) is 5.50. The average Bonchev–Trinajstić information content (AvgIpc) is 3.15. The number of ether oxygens (including phenoxy) is 2. The lowest BCUT2D eigenvalue weighted by atomic mass is 10.1. The van der Waals surface area contributed by atoms with Crippen molar-refractivity contribution in [2.45, 2.75) is 6.42 Å². The smallest absolute Gasteiger partial charge is 0.229 e. The molecule has 1 atom stereocenters. The summed E-state index contributed by atoms with van der Waals surface area (Å²) in [6.45, 7) is 0.309. The Morgan fingerprint density at radius 3 is 2.53 bits per heavy atom. The highest BCUT2D eigenvalue weighted by Gasteiger charge is 2.36. The summed E-state index contributed by atoms with van der Waals surface area (Å²) in [4.78, 5) is 27.3. The Labute approximate surface area is 179 Å². The van der Waals surface area contributed by atoms with Gasteiger partial charge in [-0.05, 0) is 11.5 Å². The van der Waals surface area contributed by atoms with E-state index in [0.717, 1.165) is 16.5 Å². The SMILES string of the molecule is COc1cc(Cl)c(NC(=O)C2CC(=O)N(c3cccc4ccccc34)C2)cc1OC. The highest BCUT2D eigenvalue weighted by atomic mass is 35.5. The Morgan fingerprint density at radius 2 is 1.77 bits per heavy atom. The molecular formula is C23H21ClN2O4. The first-order valence-corrected chi connectivity index (χ1v) is 9.90. The first kappa shape index (κ1) is 20.0. The molecule has 1 unspecified atom stereocenters. The fourth-order valence-corrected chi connectivity index (χ4v) is 3.95. The molecule has 2 amide bonds. The van der Waals surface area contributed by atoms with Crippen molar-refractivity contribution in [3.63, 3.8) is 0 Å². The number of hydrogen-bond donors (Lipinski definition) is 1. The second-order valence-corrected chi connectivity index (χ2v) is 7.49. The maximum atomic E-state index is 12.9. The van der Waals surface area contributed by atoms with Gasteiger partial charge in [0.25, 0.3) is 0 Å². The molecule has 1 heterocycles. The minimum absolute atomic E-state index is 0.0788. The van der Waals surface area contributed by atoms with Crippen LogP contribution in [0.3, 0.4) is 0 Å². The van der Waals surface area contributed by atoms with Crippen LogP contribution in [0.1, 0.15) is 6.42 Å². The predicted molar refractivity (Wildman–Crippen MR) is 118 cm³/mol. The molecule has 0 saturated carbocycles. The molecule has 1 fully saturated rings. The maximum absolute atomic E-state index is 12.9. The van der Waals surface area contributed by atoms with Gasteiger partial charge in [-0.15, -0.1) is 0 Å². The number of nitrogens with one attached hydrogen (secondary N) is 1. The number of carbonyl (C=O) groups is 2. The van der Waals surface area contributed by atoms with Crippen molar-refractivity contribution in [1.29, 1.82) is 0 Å². The third-order valence-corrected chi connectivity index (χ3v) is 5.60. The summed E-state index contributed by atoms with van der Waals surface area (Å²) in [7, 11) is 3.02. The number of anilines is 2. The molecule has 4 rings (SSSR count). The number of rotatable bonds is 5. The molecule has 0 spiro atoms. The largest absolute Gasteiger partial charge is 0.493 e. The molecule has 1 aliphatic heterocycles. The van der Waals surface area contributed by atoms with Crippen LogP contribution < -0.4 is 19.7 Å². The second-order valence-electron chi connectivity index (χ2n) is 7.08. The van der Waals surface area contributed by atoms with Crippen LogP contribution in [0.25, 0.3) is 10.8 Å². The lowest BCUT2D eigenvalue weighted by Gasteiger charge is -2.19. The summed E-state index contributed by atoms with van der Waals surface area (Å²) in [5, 5.41) is 5.18. The van der Waals surface area contributed by atoms with E-state index in [1.165, 1.54) is 14.2 Å². The molecule has 0 aromatic heterocycles. The number of amides is 2. The third kappa shape index (κ3) is 3.66. The van der Waals surface area contributed by atoms with Gasteiger partial charge in [0.05, 0.1) is 36.5 Å². The molecule has 1 saturated heterocycles. The average molecular weight is 425 g/mol. The zero-order chi connectivity index (χ0) is 21.3. The molecule has 6 nitrogen and oxygen atoms in total.